The minimum absolute atomic E-state index is 0.0211. The van der Waals surface area contributed by atoms with E-state index in [4.69, 9.17) is 16.1 Å². The van der Waals surface area contributed by atoms with Crippen molar-refractivity contribution in [3.8, 4) is 11.5 Å². The molecule has 7 nitrogen and oxygen atoms in total. The van der Waals surface area contributed by atoms with Gasteiger partial charge in [-0.15, -0.1) is 11.6 Å². The highest BCUT2D eigenvalue weighted by atomic mass is 35.5. The summed E-state index contributed by atoms with van der Waals surface area (Å²) >= 11 is 5.94. The van der Waals surface area contributed by atoms with E-state index in [0.29, 0.717) is 31.3 Å². The Kier molecular flexibility index (Phi) is 6.03. The minimum atomic E-state index is -0.611. The van der Waals surface area contributed by atoms with Crippen molar-refractivity contribution in [1.29, 1.82) is 0 Å². The zero-order chi connectivity index (χ0) is 20.3. The molecule has 3 rings (SSSR count). The maximum atomic E-state index is 12.7. The van der Waals surface area contributed by atoms with E-state index in [1.807, 2.05) is 56.0 Å². The van der Waals surface area contributed by atoms with E-state index < -0.39 is 5.41 Å². The highest BCUT2D eigenvalue weighted by molar-refractivity contribution is 6.19. The molecule has 1 aromatic heterocycles. The Bertz CT molecular complexity index is 837. The maximum Gasteiger partial charge on any atom is 0.257 e. The Morgan fingerprint density at radius 3 is 2.61 bits per heavy atom. The molecule has 2 amide bonds. The Balaban J connectivity index is 1.60. The number of carbonyl (C=O) groups is 2. The van der Waals surface area contributed by atoms with Gasteiger partial charge in [-0.25, -0.2) is 0 Å². The molecule has 8 heteroatoms. The average Bonchev–Trinajstić information content (AvgIpc) is 3.16. The number of piperazine rings is 1. The van der Waals surface area contributed by atoms with Crippen molar-refractivity contribution < 1.29 is 14.1 Å². The first kappa shape index (κ1) is 20.3. The fourth-order valence-corrected chi connectivity index (χ4v) is 3.32. The summed E-state index contributed by atoms with van der Waals surface area (Å²) in [6.45, 7) is 7.08. The van der Waals surface area contributed by atoms with Gasteiger partial charge in [0.05, 0.1) is 11.8 Å². The predicted octanol–water partition coefficient (Wildman–Crippen LogP) is 2.60. The lowest BCUT2D eigenvalue weighted by atomic mass is 9.93. The number of amides is 2. The van der Waals surface area contributed by atoms with Gasteiger partial charge >= 0.3 is 0 Å². The number of aromatic nitrogens is 2. The monoisotopic (exact) mass is 404 g/mol. The molecule has 2 aromatic rings. The van der Waals surface area contributed by atoms with Crippen LogP contribution < -0.4 is 0 Å². The van der Waals surface area contributed by atoms with E-state index in [9.17, 15) is 9.59 Å². The fraction of sp³-hybridized carbons (Fsp3) is 0.500. The van der Waals surface area contributed by atoms with Crippen molar-refractivity contribution in [3.05, 3.63) is 36.2 Å². The molecule has 0 bridgehead atoms. The maximum absolute atomic E-state index is 12.7. The zero-order valence-electron chi connectivity index (χ0n) is 16.4. The largest absolute Gasteiger partial charge is 0.338 e. The lowest BCUT2D eigenvalue weighted by Gasteiger charge is -2.42. The van der Waals surface area contributed by atoms with Crippen LogP contribution in [0.25, 0.3) is 11.5 Å². The predicted molar refractivity (Wildman–Crippen MR) is 106 cm³/mol. The molecule has 0 saturated carbocycles. The van der Waals surface area contributed by atoms with Crippen LogP contribution in [-0.4, -0.2) is 63.3 Å². The first-order valence-corrected chi connectivity index (χ1v) is 9.88. The molecule has 28 heavy (non-hydrogen) atoms. The third kappa shape index (κ3) is 4.35. The van der Waals surface area contributed by atoms with Crippen molar-refractivity contribution in [2.45, 2.75) is 33.2 Å². The molecule has 0 spiro atoms. The van der Waals surface area contributed by atoms with Crippen LogP contribution >= 0.6 is 11.6 Å². The highest BCUT2D eigenvalue weighted by Crippen LogP contribution is 2.24. The van der Waals surface area contributed by atoms with Crippen LogP contribution in [0.1, 0.15) is 26.6 Å². The Morgan fingerprint density at radius 1 is 1.25 bits per heavy atom. The van der Waals surface area contributed by atoms with E-state index in [2.05, 4.69) is 10.1 Å². The molecular formula is C20H25ClN4O3. The third-order valence-electron chi connectivity index (χ3n) is 4.95. The van der Waals surface area contributed by atoms with Gasteiger partial charge in [-0.3, -0.25) is 9.59 Å². The summed E-state index contributed by atoms with van der Waals surface area (Å²) < 4.78 is 5.26. The van der Waals surface area contributed by atoms with Gasteiger partial charge < -0.3 is 14.3 Å². The topological polar surface area (TPSA) is 79.5 Å². The molecular weight excluding hydrogens is 380 g/mol. The Labute approximate surface area is 169 Å². The molecule has 1 aliphatic heterocycles. The molecule has 0 radical (unpaired) electrons. The molecule has 1 saturated heterocycles. The summed E-state index contributed by atoms with van der Waals surface area (Å²) in [5.41, 5.74) is 0.205. The first-order valence-electron chi connectivity index (χ1n) is 9.34. The molecule has 0 N–H and O–H groups in total. The van der Waals surface area contributed by atoms with Gasteiger partial charge in [-0.05, 0) is 32.9 Å². The Hall–Kier alpha value is -2.41. The van der Waals surface area contributed by atoms with Gasteiger partial charge in [0, 0.05) is 37.1 Å². The molecule has 1 aromatic carbocycles. The van der Waals surface area contributed by atoms with Crippen molar-refractivity contribution >= 4 is 23.4 Å². The smallest absolute Gasteiger partial charge is 0.257 e. The number of carbonyl (C=O) groups excluding carboxylic acids is 2. The van der Waals surface area contributed by atoms with E-state index in [1.165, 1.54) is 0 Å². The van der Waals surface area contributed by atoms with Gasteiger partial charge in [-0.2, -0.15) is 4.98 Å². The van der Waals surface area contributed by atoms with Crippen LogP contribution in [0.3, 0.4) is 0 Å². The minimum Gasteiger partial charge on any atom is -0.338 e. The lowest BCUT2D eigenvalue weighted by molar-refractivity contribution is -0.147. The second kappa shape index (κ2) is 8.31. The van der Waals surface area contributed by atoms with E-state index in [0.717, 1.165) is 5.56 Å². The van der Waals surface area contributed by atoms with E-state index >= 15 is 0 Å². The lowest BCUT2D eigenvalue weighted by Crippen LogP contribution is -2.58. The molecule has 0 aliphatic carbocycles. The summed E-state index contributed by atoms with van der Waals surface area (Å²) in [5, 5.41) is 3.92. The number of nitrogens with zero attached hydrogens (tertiary/aromatic N) is 4. The van der Waals surface area contributed by atoms with Gasteiger partial charge in [0.15, 0.2) is 5.82 Å². The number of alkyl halides is 1. The van der Waals surface area contributed by atoms with Crippen LogP contribution in [0, 0.1) is 5.41 Å². The summed E-state index contributed by atoms with van der Waals surface area (Å²) in [5.74, 6) is 0.969. The van der Waals surface area contributed by atoms with Gasteiger partial charge in [0.25, 0.3) is 5.89 Å². The van der Waals surface area contributed by atoms with Crippen LogP contribution in [0.5, 0.6) is 0 Å². The standard InChI is InChI=1S/C20H25ClN4O3/c1-14-12-24(9-10-25(14)19(27)20(2,3)13-21)17(26)11-16-22-18(28-23-16)15-7-5-4-6-8-15/h4-8,14H,9-13H2,1-3H3. The zero-order valence-corrected chi connectivity index (χ0v) is 17.1. The summed E-state index contributed by atoms with van der Waals surface area (Å²) in [7, 11) is 0. The number of benzene rings is 1. The van der Waals surface area contributed by atoms with Crippen LogP contribution in [0.4, 0.5) is 0 Å². The van der Waals surface area contributed by atoms with Crippen molar-refractivity contribution in [2.75, 3.05) is 25.5 Å². The van der Waals surface area contributed by atoms with Crippen LogP contribution in [-0.2, 0) is 16.0 Å². The van der Waals surface area contributed by atoms with Crippen molar-refractivity contribution in [3.63, 3.8) is 0 Å². The second-order valence-electron chi connectivity index (χ2n) is 7.76. The average molecular weight is 405 g/mol. The van der Waals surface area contributed by atoms with Gasteiger partial charge in [0.1, 0.15) is 0 Å². The molecule has 150 valence electrons. The SMILES string of the molecule is CC1CN(C(=O)Cc2noc(-c3ccccc3)n2)CCN1C(=O)C(C)(C)CCl. The normalized spacial score (nSPS) is 17.6. The molecule has 1 aliphatic rings. The first-order chi connectivity index (χ1) is 13.3. The highest BCUT2D eigenvalue weighted by Gasteiger charge is 2.37. The van der Waals surface area contributed by atoms with Crippen molar-refractivity contribution in [1.82, 2.24) is 19.9 Å². The van der Waals surface area contributed by atoms with Crippen molar-refractivity contribution in [2.24, 2.45) is 5.41 Å². The molecule has 1 unspecified atom stereocenters. The summed E-state index contributed by atoms with van der Waals surface area (Å²) in [6, 6.07) is 9.36. The van der Waals surface area contributed by atoms with Gasteiger partial charge in [-0.1, -0.05) is 23.4 Å². The summed E-state index contributed by atoms with van der Waals surface area (Å²) in [6.07, 6.45) is 0.0736. The van der Waals surface area contributed by atoms with Crippen LogP contribution in [0.15, 0.2) is 34.9 Å². The molecule has 1 fully saturated rings. The van der Waals surface area contributed by atoms with E-state index in [1.54, 1.807) is 4.90 Å². The number of hydrogen-bond donors (Lipinski definition) is 0. The Morgan fingerprint density at radius 2 is 1.96 bits per heavy atom. The second-order valence-corrected chi connectivity index (χ2v) is 8.03. The number of hydrogen-bond acceptors (Lipinski definition) is 5. The van der Waals surface area contributed by atoms with E-state index in [-0.39, 0.29) is 30.2 Å². The van der Waals surface area contributed by atoms with Gasteiger partial charge in [0.2, 0.25) is 11.8 Å². The molecule has 1 atom stereocenters. The quantitative estimate of drug-likeness (QED) is 0.715. The fourth-order valence-electron chi connectivity index (χ4n) is 3.20. The molecule has 2 heterocycles. The number of rotatable bonds is 5. The summed E-state index contributed by atoms with van der Waals surface area (Å²) in [4.78, 5) is 33.2. The number of halogens is 1. The van der Waals surface area contributed by atoms with Crippen LogP contribution in [0.2, 0.25) is 0 Å². The third-order valence-corrected chi connectivity index (χ3v) is 5.62.